The highest BCUT2D eigenvalue weighted by Gasteiger charge is 2.37. The average molecular weight is 422 g/mol. The average Bonchev–Trinajstić information content (AvgIpc) is 3.13. The van der Waals surface area contributed by atoms with E-state index in [9.17, 15) is 27.9 Å². The molecular formula is C21H21F3N2O4. The Bertz CT molecular complexity index is 915. The van der Waals surface area contributed by atoms with Crippen molar-refractivity contribution >= 4 is 17.5 Å². The summed E-state index contributed by atoms with van der Waals surface area (Å²) in [7, 11) is 1.53. The second kappa shape index (κ2) is 8.74. The van der Waals surface area contributed by atoms with Crippen LogP contribution in [0.4, 0.5) is 18.9 Å². The number of amides is 2. The van der Waals surface area contributed by atoms with E-state index < -0.39 is 29.7 Å². The summed E-state index contributed by atoms with van der Waals surface area (Å²) in [6.07, 6.45) is -6.16. The molecule has 0 aliphatic carbocycles. The summed E-state index contributed by atoms with van der Waals surface area (Å²) in [5, 5.41) is 12.6. The van der Waals surface area contributed by atoms with E-state index in [2.05, 4.69) is 5.32 Å². The first-order valence-corrected chi connectivity index (χ1v) is 9.27. The summed E-state index contributed by atoms with van der Waals surface area (Å²) in [5.41, 5.74) is -0.642. The number of ether oxygens (including phenoxy) is 1. The van der Waals surface area contributed by atoms with Gasteiger partial charge in [-0.3, -0.25) is 9.59 Å². The highest BCUT2D eigenvalue weighted by atomic mass is 19.4. The quantitative estimate of drug-likeness (QED) is 0.751. The van der Waals surface area contributed by atoms with E-state index in [0.717, 1.165) is 6.07 Å². The number of aliphatic hydroxyl groups excluding tert-OH is 1. The number of nitrogens with one attached hydrogen (secondary N) is 1. The molecule has 2 amide bonds. The Hall–Kier alpha value is -3.07. The number of hydrogen-bond donors (Lipinski definition) is 2. The van der Waals surface area contributed by atoms with Crippen molar-refractivity contribution in [1.82, 2.24) is 5.32 Å². The number of carbonyl (C=O) groups excluding carboxylic acids is 2. The van der Waals surface area contributed by atoms with Crippen LogP contribution in [0.2, 0.25) is 0 Å². The molecule has 1 fully saturated rings. The smallest absolute Gasteiger partial charge is 0.416 e. The van der Waals surface area contributed by atoms with Crippen LogP contribution in [0, 0.1) is 5.92 Å². The Morgan fingerprint density at radius 1 is 1.23 bits per heavy atom. The zero-order chi connectivity index (χ0) is 21.9. The molecule has 1 aliphatic rings. The van der Waals surface area contributed by atoms with E-state index in [-0.39, 0.29) is 31.0 Å². The molecule has 1 aliphatic heterocycles. The first kappa shape index (κ1) is 21.6. The second-order valence-electron chi connectivity index (χ2n) is 6.95. The Labute approximate surface area is 171 Å². The van der Waals surface area contributed by atoms with Gasteiger partial charge in [-0.15, -0.1) is 0 Å². The van der Waals surface area contributed by atoms with Crippen molar-refractivity contribution in [3.8, 4) is 5.75 Å². The minimum atomic E-state index is -4.61. The maximum Gasteiger partial charge on any atom is 0.416 e. The number of hydrogen-bond acceptors (Lipinski definition) is 4. The molecule has 2 N–H and O–H groups in total. The molecule has 6 nitrogen and oxygen atoms in total. The number of methoxy groups -OCH3 is 1. The lowest BCUT2D eigenvalue weighted by atomic mass is 10.0. The van der Waals surface area contributed by atoms with Crippen LogP contribution in [0.5, 0.6) is 5.75 Å². The molecule has 9 heteroatoms. The lowest BCUT2D eigenvalue weighted by Gasteiger charge is -2.19. The van der Waals surface area contributed by atoms with Crippen LogP contribution in [0.3, 0.4) is 0 Å². The van der Waals surface area contributed by atoms with Crippen LogP contribution in [-0.4, -0.2) is 37.1 Å². The van der Waals surface area contributed by atoms with Crippen molar-refractivity contribution in [2.45, 2.75) is 18.7 Å². The number of anilines is 1. The third-order valence-corrected chi connectivity index (χ3v) is 4.97. The number of benzene rings is 2. The van der Waals surface area contributed by atoms with Gasteiger partial charge in [0, 0.05) is 25.2 Å². The normalized spacial score (nSPS) is 17.7. The molecule has 2 aromatic carbocycles. The standard InChI is InChI=1S/C21H21F3N2O4/c1-30-15-8-6-14(7-9-15)26-12-13(10-19(26)28)20(29)25-11-18(27)16-4-2-3-5-17(16)21(22,23)24/h2-9,13,18,27H,10-12H2,1H3,(H,25,29). The molecule has 0 saturated carbocycles. The molecule has 0 radical (unpaired) electrons. The SMILES string of the molecule is COc1ccc(N2CC(C(=O)NCC(O)c3ccccc3C(F)(F)F)CC2=O)cc1. The maximum absolute atomic E-state index is 13.1. The van der Waals surface area contributed by atoms with E-state index in [4.69, 9.17) is 4.74 Å². The van der Waals surface area contributed by atoms with Gasteiger partial charge in [-0.25, -0.2) is 0 Å². The summed E-state index contributed by atoms with van der Waals surface area (Å²) in [6, 6.07) is 11.5. The maximum atomic E-state index is 13.1. The third-order valence-electron chi connectivity index (χ3n) is 4.97. The number of carbonyl (C=O) groups is 2. The summed E-state index contributed by atoms with van der Waals surface area (Å²) >= 11 is 0. The van der Waals surface area contributed by atoms with Gasteiger partial charge in [-0.1, -0.05) is 18.2 Å². The van der Waals surface area contributed by atoms with Crippen LogP contribution >= 0.6 is 0 Å². The van der Waals surface area contributed by atoms with Crippen molar-refractivity contribution in [1.29, 1.82) is 0 Å². The monoisotopic (exact) mass is 422 g/mol. The molecule has 160 valence electrons. The lowest BCUT2D eigenvalue weighted by Crippen LogP contribution is -2.35. The molecule has 1 saturated heterocycles. The lowest BCUT2D eigenvalue weighted by molar-refractivity contribution is -0.139. The second-order valence-corrected chi connectivity index (χ2v) is 6.95. The predicted octanol–water partition coefficient (Wildman–Crippen LogP) is 2.92. The highest BCUT2D eigenvalue weighted by molar-refractivity contribution is 6.00. The van der Waals surface area contributed by atoms with Crippen LogP contribution in [-0.2, 0) is 15.8 Å². The minimum absolute atomic E-state index is 0.0207. The number of halogens is 3. The number of nitrogens with zero attached hydrogens (tertiary/aromatic N) is 1. The molecule has 30 heavy (non-hydrogen) atoms. The van der Waals surface area contributed by atoms with Crippen LogP contribution in [0.25, 0.3) is 0 Å². The number of aliphatic hydroxyl groups is 1. The zero-order valence-corrected chi connectivity index (χ0v) is 16.1. The van der Waals surface area contributed by atoms with Crippen LogP contribution in [0.1, 0.15) is 23.7 Å². The van der Waals surface area contributed by atoms with Crippen molar-refractivity contribution in [2.24, 2.45) is 5.92 Å². The van der Waals surface area contributed by atoms with Gasteiger partial charge in [0.2, 0.25) is 11.8 Å². The van der Waals surface area contributed by atoms with Gasteiger partial charge in [0.05, 0.1) is 24.7 Å². The van der Waals surface area contributed by atoms with Gasteiger partial charge in [-0.2, -0.15) is 13.2 Å². The predicted molar refractivity (Wildman–Crippen MR) is 103 cm³/mol. The fraction of sp³-hybridized carbons (Fsp3) is 0.333. The van der Waals surface area contributed by atoms with Crippen molar-refractivity contribution in [2.75, 3.05) is 25.1 Å². The van der Waals surface area contributed by atoms with Gasteiger partial charge in [-0.05, 0) is 35.9 Å². The molecule has 0 bridgehead atoms. The topological polar surface area (TPSA) is 78.9 Å². The van der Waals surface area contributed by atoms with Crippen molar-refractivity contribution in [3.05, 3.63) is 59.7 Å². The molecular weight excluding hydrogens is 401 g/mol. The van der Waals surface area contributed by atoms with E-state index in [1.807, 2.05) is 0 Å². The Morgan fingerprint density at radius 3 is 2.53 bits per heavy atom. The highest BCUT2D eigenvalue weighted by Crippen LogP contribution is 2.34. The van der Waals surface area contributed by atoms with Gasteiger partial charge < -0.3 is 20.1 Å². The number of alkyl halides is 3. The fourth-order valence-corrected chi connectivity index (χ4v) is 3.39. The first-order valence-electron chi connectivity index (χ1n) is 9.27. The molecule has 2 unspecified atom stereocenters. The Morgan fingerprint density at radius 2 is 1.90 bits per heavy atom. The summed E-state index contributed by atoms with van der Waals surface area (Å²) in [5.74, 6) is -0.760. The minimum Gasteiger partial charge on any atom is -0.497 e. The van der Waals surface area contributed by atoms with E-state index in [1.165, 1.54) is 30.2 Å². The van der Waals surface area contributed by atoms with Gasteiger partial charge in [0.1, 0.15) is 5.75 Å². The first-order chi connectivity index (χ1) is 14.2. The van der Waals surface area contributed by atoms with Gasteiger partial charge in [0.25, 0.3) is 0 Å². The van der Waals surface area contributed by atoms with Crippen molar-refractivity contribution < 1.29 is 32.6 Å². The molecule has 1 heterocycles. The summed E-state index contributed by atoms with van der Waals surface area (Å²) in [6.45, 7) is -0.245. The van der Waals surface area contributed by atoms with Crippen LogP contribution < -0.4 is 15.0 Å². The third kappa shape index (κ3) is 4.73. The largest absolute Gasteiger partial charge is 0.497 e. The van der Waals surface area contributed by atoms with E-state index >= 15 is 0 Å². The fourth-order valence-electron chi connectivity index (χ4n) is 3.39. The summed E-state index contributed by atoms with van der Waals surface area (Å²) < 4.78 is 44.4. The van der Waals surface area contributed by atoms with Gasteiger partial charge in [0.15, 0.2) is 0 Å². The molecule has 2 atom stereocenters. The van der Waals surface area contributed by atoms with E-state index in [1.54, 1.807) is 24.3 Å². The van der Waals surface area contributed by atoms with Gasteiger partial charge >= 0.3 is 6.18 Å². The van der Waals surface area contributed by atoms with Crippen molar-refractivity contribution in [3.63, 3.8) is 0 Å². The Balaban J connectivity index is 1.61. The van der Waals surface area contributed by atoms with E-state index in [0.29, 0.717) is 11.4 Å². The number of rotatable bonds is 6. The molecule has 0 aromatic heterocycles. The van der Waals surface area contributed by atoms with Crippen LogP contribution in [0.15, 0.2) is 48.5 Å². The molecule has 3 rings (SSSR count). The summed E-state index contributed by atoms with van der Waals surface area (Å²) in [4.78, 5) is 26.2. The molecule has 0 spiro atoms. The zero-order valence-electron chi connectivity index (χ0n) is 16.1. The molecule has 2 aromatic rings. The Kier molecular flexibility index (Phi) is 6.31.